The fraction of sp³-hybridized carbons (Fsp3) is 0.692. The Hall–Kier alpha value is -2.08. The zero-order chi connectivity index (χ0) is 22.3. The number of aryl methyl sites for hydroxylation is 2. The Morgan fingerprint density at radius 3 is 2.28 bits per heavy atom. The van der Waals surface area contributed by atoms with Gasteiger partial charge in [0.1, 0.15) is 0 Å². The van der Waals surface area contributed by atoms with Gasteiger partial charge < -0.3 is 16.0 Å². The largest absolute Gasteiger partial charge is 0.348 e. The Bertz CT molecular complexity index is 782. The zero-order valence-electron chi connectivity index (χ0n) is 19.6. The molecule has 0 aromatic heterocycles. The molecule has 2 fully saturated rings. The van der Waals surface area contributed by atoms with E-state index in [0.717, 1.165) is 45.2 Å². The second-order valence-electron chi connectivity index (χ2n) is 10.0. The van der Waals surface area contributed by atoms with Crippen LogP contribution in [0.3, 0.4) is 0 Å². The van der Waals surface area contributed by atoms with Gasteiger partial charge in [0.05, 0.1) is 12.6 Å². The molecule has 1 aliphatic heterocycles. The minimum absolute atomic E-state index is 0.0213. The number of amides is 3. The molecule has 0 spiro atoms. The molecule has 1 saturated carbocycles. The second kappa shape index (κ2) is 11.2. The summed E-state index contributed by atoms with van der Waals surface area (Å²) in [6.07, 6.45) is 12.6. The lowest BCUT2D eigenvalue weighted by molar-refractivity contribution is -0.123. The first kappa shape index (κ1) is 23.1. The Labute approximate surface area is 192 Å². The quantitative estimate of drug-likeness (QED) is 0.629. The van der Waals surface area contributed by atoms with Crippen molar-refractivity contribution in [1.29, 1.82) is 0 Å². The molecule has 2 aliphatic carbocycles. The van der Waals surface area contributed by atoms with Crippen LogP contribution >= 0.6 is 0 Å². The fourth-order valence-corrected chi connectivity index (χ4v) is 5.49. The molecule has 1 saturated heterocycles. The summed E-state index contributed by atoms with van der Waals surface area (Å²) in [7, 11) is 0. The van der Waals surface area contributed by atoms with E-state index >= 15 is 0 Å². The molecule has 3 N–H and O–H groups in total. The Morgan fingerprint density at radius 2 is 1.56 bits per heavy atom. The number of rotatable bonds is 6. The number of nitrogens with zero attached hydrogens (tertiary/aromatic N) is 1. The first-order valence-corrected chi connectivity index (χ1v) is 12.8. The summed E-state index contributed by atoms with van der Waals surface area (Å²) < 4.78 is 0. The summed E-state index contributed by atoms with van der Waals surface area (Å²) in [6, 6.07) is 7.25. The lowest BCUT2D eigenvalue weighted by Gasteiger charge is -2.32. The Morgan fingerprint density at radius 1 is 0.906 bits per heavy atom. The van der Waals surface area contributed by atoms with Crippen LogP contribution in [0, 0.1) is 0 Å². The lowest BCUT2D eigenvalue weighted by Crippen LogP contribution is -2.51. The van der Waals surface area contributed by atoms with Gasteiger partial charge in [-0.25, -0.2) is 4.79 Å². The molecule has 1 unspecified atom stereocenters. The van der Waals surface area contributed by atoms with Crippen LogP contribution in [0.4, 0.5) is 4.79 Å². The van der Waals surface area contributed by atoms with Crippen LogP contribution in [0.2, 0.25) is 0 Å². The van der Waals surface area contributed by atoms with Gasteiger partial charge in [0.2, 0.25) is 5.91 Å². The number of carbonyl (C=O) groups is 2. The van der Waals surface area contributed by atoms with Gasteiger partial charge in [0, 0.05) is 25.2 Å². The van der Waals surface area contributed by atoms with Crippen molar-refractivity contribution < 1.29 is 9.59 Å². The van der Waals surface area contributed by atoms with E-state index in [1.807, 2.05) is 0 Å². The van der Waals surface area contributed by atoms with Crippen LogP contribution in [0.25, 0.3) is 0 Å². The molecule has 1 heterocycles. The molecule has 6 nitrogen and oxygen atoms in total. The summed E-state index contributed by atoms with van der Waals surface area (Å²) in [5.41, 5.74) is 4.13. The summed E-state index contributed by atoms with van der Waals surface area (Å²) in [6.45, 7) is 4.18. The van der Waals surface area contributed by atoms with Gasteiger partial charge in [-0.1, -0.05) is 37.5 Å². The van der Waals surface area contributed by atoms with Crippen LogP contribution in [0.1, 0.15) is 87.4 Å². The standard InChI is InChI=1S/C26H40N4O2/c1-19(21-12-11-20-7-5-6-8-22(20)17-21)27-25(31)18-30-15-13-24(14-16-30)29-26(32)28-23-9-3-2-4-10-23/h11-12,17,19,23-24H,2-10,13-16,18H2,1H3,(H,27,31)(H2,28,29,32). The van der Waals surface area contributed by atoms with E-state index < -0.39 is 0 Å². The number of likely N-dealkylation sites (tertiary alicyclic amines) is 1. The minimum atomic E-state index is -0.0213. The highest BCUT2D eigenvalue weighted by molar-refractivity contribution is 5.78. The maximum absolute atomic E-state index is 12.6. The van der Waals surface area contributed by atoms with Gasteiger partial charge in [-0.2, -0.15) is 0 Å². The summed E-state index contributed by atoms with van der Waals surface area (Å²) in [5, 5.41) is 9.46. The average molecular weight is 441 g/mol. The van der Waals surface area contributed by atoms with E-state index in [1.165, 1.54) is 55.2 Å². The van der Waals surface area contributed by atoms with Gasteiger partial charge in [0.25, 0.3) is 0 Å². The molecule has 1 atom stereocenters. The van der Waals surface area contributed by atoms with E-state index in [4.69, 9.17) is 0 Å². The van der Waals surface area contributed by atoms with Crippen molar-refractivity contribution in [3.8, 4) is 0 Å². The molecule has 0 radical (unpaired) electrons. The Balaban J connectivity index is 1.16. The molecule has 32 heavy (non-hydrogen) atoms. The number of benzene rings is 1. The summed E-state index contributed by atoms with van der Waals surface area (Å²) in [4.78, 5) is 27.1. The van der Waals surface area contributed by atoms with Crippen LogP contribution in [-0.2, 0) is 17.6 Å². The van der Waals surface area contributed by atoms with Crippen LogP contribution in [0.15, 0.2) is 18.2 Å². The zero-order valence-corrected chi connectivity index (χ0v) is 19.6. The molecule has 1 aromatic rings. The molecule has 3 amide bonds. The predicted molar refractivity (Wildman–Crippen MR) is 128 cm³/mol. The third kappa shape index (κ3) is 6.47. The van der Waals surface area contributed by atoms with Crippen molar-refractivity contribution in [2.45, 2.75) is 95.7 Å². The van der Waals surface area contributed by atoms with E-state index in [9.17, 15) is 9.59 Å². The third-order valence-corrected chi connectivity index (χ3v) is 7.48. The third-order valence-electron chi connectivity index (χ3n) is 7.48. The molecular weight excluding hydrogens is 400 g/mol. The topological polar surface area (TPSA) is 73.5 Å². The number of hydrogen-bond acceptors (Lipinski definition) is 3. The minimum Gasteiger partial charge on any atom is -0.348 e. The number of piperidine rings is 1. The van der Waals surface area contributed by atoms with Gasteiger partial charge in [0.15, 0.2) is 0 Å². The highest BCUT2D eigenvalue weighted by atomic mass is 16.2. The van der Waals surface area contributed by atoms with Crippen molar-refractivity contribution in [2.75, 3.05) is 19.6 Å². The fourth-order valence-electron chi connectivity index (χ4n) is 5.49. The Kier molecular flexibility index (Phi) is 8.06. The van der Waals surface area contributed by atoms with E-state index in [-0.39, 0.29) is 24.0 Å². The molecule has 176 valence electrons. The van der Waals surface area contributed by atoms with E-state index in [2.05, 4.69) is 46.0 Å². The maximum Gasteiger partial charge on any atom is 0.315 e. The lowest BCUT2D eigenvalue weighted by atomic mass is 9.89. The number of urea groups is 1. The predicted octanol–water partition coefficient (Wildman–Crippen LogP) is 3.84. The van der Waals surface area contributed by atoms with Gasteiger partial charge >= 0.3 is 6.03 Å². The van der Waals surface area contributed by atoms with E-state index in [0.29, 0.717) is 12.6 Å². The van der Waals surface area contributed by atoms with Crippen molar-refractivity contribution in [1.82, 2.24) is 20.9 Å². The smallest absolute Gasteiger partial charge is 0.315 e. The maximum atomic E-state index is 12.6. The summed E-state index contributed by atoms with van der Waals surface area (Å²) >= 11 is 0. The summed E-state index contributed by atoms with van der Waals surface area (Å²) in [5.74, 6) is 0.0803. The first-order chi connectivity index (χ1) is 15.6. The van der Waals surface area contributed by atoms with Crippen LogP contribution in [-0.4, -0.2) is 48.6 Å². The SMILES string of the molecule is CC(NC(=O)CN1CCC(NC(=O)NC2CCCCC2)CC1)c1ccc2c(c1)CCCC2. The van der Waals surface area contributed by atoms with Crippen molar-refractivity contribution in [3.63, 3.8) is 0 Å². The highest BCUT2D eigenvalue weighted by Gasteiger charge is 2.24. The van der Waals surface area contributed by atoms with Crippen LogP contribution in [0.5, 0.6) is 0 Å². The molecular formula is C26H40N4O2. The van der Waals surface area contributed by atoms with Gasteiger partial charge in [-0.05, 0) is 75.0 Å². The van der Waals surface area contributed by atoms with E-state index in [1.54, 1.807) is 0 Å². The van der Waals surface area contributed by atoms with Crippen molar-refractivity contribution in [3.05, 3.63) is 34.9 Å². The first-order valence-electron chi connectivity index (χ1n) is 12.8. The van der Waals surface area contributed by atoms with Crippen molar-refractivity contribution in [2.24, 2.45) is 0 Å². The second-order valence-corrected chi connectivity index (χ2v) is 10.0. The monoisotopic (exact) mass is 440 g/mol. The van der Waals surface area contributed by atoms with Crippen molar-refractivity contribution >= 4 is 11.9 Å². The molecule has 4 rings (SSSR count). The van der Waals surface area contributed by atoms with Crippen LogP contribution < -0.4 is 16.0 Å². The number of carbonyl (C=O) groups excluding carboxylic acids is 2. The number of hydrogen-bond donors (Lipinski definition) is 3. The number of nitrogens with one attached hydrogen (secondary N) is 3. The average Bonchev–Trinajstić information content (AvgIpc) is 2.80. The van der Waals surface area contributed by atoms with Gasteiger partial charge in [-0.3, -0.25) is 9.69 Å². The normalized spacial score (nSPS) is 21.4. The molecule has 0 bridgehead atoms. The van der Waals surface area contributed by atoms with Gasteiger partial charge in [-0.15, -0.1) is 0 Å². The highest BCUT2D eigenvalue weighted by Crippen LogP contribution is 2.25. The number of fused-ring (bicyclic) bond motifs is 1. The molecule has 6 heteroatoms. The molecule has 3 aliphatic rings. The molecule has 1 aromatic carbocycles.